The molecule has 1 heterocycles. The first kappa shape index (κ1) is 16.8. The highest BCUT2D eigenvalue weighted by Gasteiger charge is 2.70. The quantitative estimate of drug-likeness (QED) is 0.490. The Kier molecular flexibility index (Phi) is 3.49. The maximum absolute atomic E-state index is 14.5. The molecule has 0 radical (unpaired) electrons. The Bertz CT molecular complexity index is 752. The summed E-state index contributed by atoms with van der Waals surface area (Å²) in [6.45, 7) is 1.57. The van der Waals surface area contributed by atoms with Gasteiger partial charge in [0.25, 0.3) is 0 Å². The average molecular weight is 358 g/mol. The monoisotopic (exact) mass is 358 g/mol. The van der Waals surface area contributed by atoms with Crippen molar-refractivity contribution in [1.82, 2.24) is 9.62 Å². The molecule has 3 rings (SSSR count). The number of anilines is 1. The Balaban J connectivity index is 2.25. The van der Waals surface area contributed by atoms with Crippen LogP contribution < -0.4 is 11.1 Å². The first-order valence-corrected chi connectivity index (χ1v) is 8.72. The Morgan fingerprint density at radius 3 is 2.62 bits per heavy atom. The molecule has 8 nitrogen and oxygen atoms in total. The number of carboxylic acid groups (broad SMARTS) is 1. The normalized spacial score (nSPS) is 28.2. The highest BCUT2D eigenvalue weighted by Crippen LogP contribution is 2.76. The number of halogens is 1. The van der Waals surface area contributed by atoms with Crippen LogP contribution in [0.25, 0.3) is 0 Å². The second-order valence-electron chi connectivity index (χ2n) is 6.19. The Morgan fingerprint density at radius 2 is 2.08 bits per heavy atom. The van der Waals surface area contributed by atoms with Crippen molar-refractivity contribution >= 4 is 28.5 Å². The molecule has 1 aliphatic carbocycles. The number of nitrogens with zero attached hydrogens (tertiary/aromatic N) is 2. The molecule has 1 aliphatic heterocycles. The standard InChI is InChI=1S/C14H19FN4O4S/c1-13(9-7-8(16)3-4-10(9)15)14(5-6-14)24(22,23)19(2)11(18-13)17-12(20)21/h3-4,7,22-23H,5-6,16H2,1-2H3,(H,17,18)(H,20,21). The van der Waals surface area contributed by atoms with E-state index in [2.05, 4.69) is 10.3 Å². The first-order chi connectivity index (χ1) is 11.0. The van der Waals surface area contributed by atoms with Crippen LogP contribution in [-0.4, -0.2) is 42.4 Å². The maximum Gasteiger partial charge on any atom is 0.411 e. The van der Waals surface area contributed by atoms with E-state index in [-0.39, 0.29) is 11.5 Å². The van der Waals surface area contributed by atoms with Crippen LogP contribution in [0.4, 0.5) is 14.9 Å². The van der Waals surface area contributed by atoms with Crippen LogP contribution in [0.3, 0.4) is 0 Å². The molecule has 1 aromatic carbocycles. The fourth-order valence-electron chi connectivity index (χ4n) is 3.33. The predicted molar refractivity (Wildman–Crippen MR) is 89.3 cm³/mol. The minimum absolute atomic E-state index is 0.109. The summed E-state index contributed by atoms with van der Waals surface area (Å²) in [5, 5.41) is 11.0. The lowest BCUT2D eigenvalue weighted by atomic mass is 9.86. The number of nitrogens with two attached hydrogens (primary N) is 1. The number of hydrogen-bond donors (Lipinski definition) is 5. The fourth-order valence-corrected chi connectivity index (χ4v) is 5.52. The van der Waals surface area contributed by atoms with Gasteiger partial charge in [-0.3, -0.25) is 14.4 Å². The van der Waals surface area contributed by atoms with Crippen LogP contribution >= 0.6 is 10.8 Å². The molecule has 0 saturated heterocycles. The summed E-state index contributed by atoms with van der Waals surface area (Å²) in [6, 6.07) is 3.99. The summed E-state index contributed by atoms with van der Waals surface area (Å²) in [6.07, 6.45) is -0.555. The van der Waals surface area contributed by atoms with Gasteiger partial charge in [0.2, 0.25) is 5.96 Å². The van der Waals surface area contributed by atoms with Gasteiger partial charge < -0.3 is 10.8 Å². The van der Waals surface area contributed by atoms with E-state index < -0.39 is 33.0 Å². The van der Waals surface area contributed by atoms with E-state index in [1.807, 2.05) is 0 Å². The van der Waals surface area contributed by atoms with Gasteiger partial charge in [0.15, 0.2) is 0 Å². The molecule has 1 amide bonds. The third-order valence-corrected chi connectivity index (χ3v) is 7.65. The van der Waals surface area contributed by atoms with Gasteiger partial charge in [0, 0.05) is 18.3 Å². The van der Waals surface area contributed by atoms with E-state index in [0.717, 1.165) is 4.31 Å². The number of carbonyl (C=O) groups is 1. The van der Waals surface area contributed by atoms with Crippen molar-refractivity contribution in [2.75, 3.05) is 12.8 Å². The molecule has 2 aliphatic rings. The van der Waals surface area contributed by atoms with Gasteiger partial charge in [0.05, 0.1) is 0 Å². The number of aliphatic imine (C=N–C) groups is 1. The van der Waals surface area contributed by atoms with Crippen molar-refractivity contribution in [3.8, 4) is 0 Å². The van der Waals surface area contributed by atoms with Crippen LogP contribution in [-0.2, 0) is 5.54 Å². The van der Waals surface area contributed by atoms with Crippen LogP contribution in [0.15, 0.2) is 23.2 Å². The number of nitrogens with one attached hydrogen (secondary N) is 1. The van der Waals surface area contributed by atoms with Crippen LogP contribution in [0.5, 0.6) is 0 Å². The zero-order valence-corrected chi connectivity index (χ0v) is 14.0. The van der Waals surface area contributed by atoms with Gasteiger partial charge >= 0.3 is 6.09 Å². The predicted octanol–water partition coefficient (Wildman–Crippen LogP) is 2.39. The van der Waals surface area contributed by atoms with E-state index >= 15 is 0 Å². The average Bonchev–Trinajstić information content (AvgIpc) is 3.28. The van der Waals surface area contributed by atoms with Crippen molar-refractivity contribution in [1.29, 1.82) is 0 Å². The van der Waals surface area contributed by atoms with Gasteiger partial charge in [-0.2, -0.15) is 0 Å². The summed E-state index contributed by atoms with van der Waals surface area (Å²) in [4.78, 5) is 15.4. The molecular weight excluding hydrogens is 339 g/mol. The molecular formula is C14H19FN4O4S. The Morgan fingerprint density at radius 1 is 1.46 bits per heavy atom. The second-order valence-corrected chi connectivity index (χ2v) is 8.55. The minimum atomic E-state index is -3.44. The van der Waals surface area contributed by atoms with Crippen LogP contribution in [0.1, 0.15) is 25.3 Å². The van der Waals surface area contributed by atoms with Gasteiger partial charge in [-0.15, -0.1) is 10.8 Å². The molecule has 132 valence electrons. The van der Waals surface area contributed by atoms with E-state index in [1.165, 1.54) is 25.2 Å². The number of nitrogen functional groups attached to an aromatic ring is 1. The molecule has 1 fully saturated rings. The molecule has 1 unspecified atom stereocenters. The maximum atomic E-state index is 14.5. The number of guanidine groups is 1. The molecule has 1 spiro atoms. The zero-order valence-electron chi connectivity index (χ0n) is 13.2. The summed E-state index contributed by atoms with van der Waals surface area (Å²) < 4.78 is 36.0. The van der Waals surface area contributed by atoms with Crippen LogP contribution in [0.2, 0.25) is 0 Å². The highest BCUT2D eigenvalue weighted by molar-refractivity contribution is 8.24. The lowest BCUT2D eigenvalue weighted by molar-refractivity contribution is 0.199. The molecule has 1 aromatic rings. The van der Waals surface area contributed by atoms with E-state index in [9.17, 15) is 18.3 Å². The number of hydrogen-bond acceptors (Lipinski definition) is 6. The summed E-state index contributed by atoms with van der Waals surface area (Å²) >= 11 is 0. The van der Waals surface area contributed by atoms with Crippen molar-refractivity contribution in [3.63, 3.8) is 0 Å². The van der Waals surface area contributed by atoms with Gasteiger partial charge in [0.1, 0.15) is 16.1 Å². The van der Waals surface area contributed by atoms with Crippen molar-refractivity contribution in [2.45, 2.75) is 30.1 Å². The third kappa shape index (κ3) is 2.06. The molecule has 1 saturated carbocycles. The lowest BCUT2D eigenvalue weighted by Gasteiger charge is -2.56. The number of benzene rings is 1. The summed E-state index contributed by atoms with van der Waals surface area (Å²) in [7, 11) is -2.09. The molecule has 10 heteroatoms. The largest absolute Gasteiger partial charge is 0.465 e. The van der Waals surface area contributed by atoms with Crippen molar-refractivity contribution in [3.05, 3.63) is 29.6 Å². The van der Waals surface area contributed by atoms with Gasteiger partial charge in [-0.1, -0.05) is 0 Å². The van der Waals surface area contributed by atoms with E-state index in [1.54, 1.807) is 6.92 Å². The van der Waals surface area contributed by atoms with Crippen molar-refractivity contribution < 1.29 is 23.4 Å². The smallest absolute Gasteiger partial charge is 0.411 e. The first-order valence-electron chi connectivity index (χ1n) is 7.22. The van der Waals surface area contributed by atoms with E-state index in [4.69, 9.17) is 10.8 Å². The van der Waals surface area contributed by atoms with E-state index in [0.29, 0.717) is 18.5 Å². The topological polar surface area (TPSA) is 131 Å². The fraction of sp³-hybridized carbons (Fsp3) is 0.429. The number of amides is 1. The lowest BCUT2D eigenvalue weighted by Crippen LogP contribution is -2.57. The molecule has 24 heavy (non-hydrogen) atoms. The van der Waals surface area contributed by atoms with Gasteiger partial charge in [-0.25, -0.2) is 18.5 Å². The highest BCUT2D eigenvalue weighted by atomic mass is 32.3. The number of rotatable bonds is 1. The van der Waals surface area contributed by atoms with Crippen molar-refractivity contribution in [2.24, 2.45) is 4.99 Å². The Labute approximate surface area is 139 Å². The molecule has 0 bridgehead atoms. The zero-order chi connectivity index (χ0) is 17.9. The SMILES string of the molecule is CN1C(NC(=O)O)=NC(C)(c2cc(N)ccc2F)C2(CC2)S1(O)O. The molecule has 1 atom stereocenters. The second kappa shape index (κ2) is 4.98. The van der Waals surface area contributed by atoms with Crippen LogP contribution in [0, 0.1) is 5.82 Å². The summed E-state index contributed by atoms with van der Waals surface area (Å²) in [5.74, 6) is -0.833. The molecule has 0 aromatic heterocycles. The minimum Gasteiger partial charge on any atom is -0.465 e. The Hall–Kier alpha value is -2.04. The van der Waals surface area contributed by atoms with Gasteiger partial charge in [-0.05, 0) is 38.0 Å². The third-order valence-electron chi connectivity index (χ3n) is 4.86. The summed E-state index contributed by atoms with van der Waals surface area (Å²) in [5.41, 5.74) is 4.81. The molecule has 6 N–H and O–H groups in total.